The Hall–Kier alpha value is -1.58. The van der Waals surface area contributed by atoms with Gasteiger partial charge >= 0.3 is 0 Å². The molecule has 1 heterocycles. The van der Waals surface area contributed by atoms with Crippen molar-refractivity contribution in [3.63, 3.8) is 0 Å². The number of hydrogen-bond donors (Lipinski definition) is 1. The van der Waals surface area contributed by atoms with Gasteiger partial charge in [-0.3, -0.25) is 0 Å². The molecule has 0 aliphatic heterocycles. The molecule has 1 aromatic rings. The van der Waals surface area contributed by atoms with E-state index < -0.39 is 0 Å². The normalized spacial score (nSPS) is 11.9. The van der Waals surface area contributed by atoms with Crippen LogP contribution in [0.25, 0.3) is 0 Å². The summed E-state index contributed by atoms with van der Waals surface area (Å²) in [5.74, 6) is 1.47. The van der Waals surface area contributed by atoms with Crippen LogP contribution in [0.2, 0.25) is 0 Å². The molecule has 16 heavy (non-hydrogen) atoms. The second-order valence-electron chi connectivity index (χ2n) is 3.66. The third-order valence-electron chi connectivity index (χ3n) is 2.22. The van der Waals surface area contributed by atoms with Crippen molar-refractivity contribution in [2.24, 2.45) is 0 Å². The van der Waals surface area contributed by atoms with Gasteiger partial charge in [-0.1, -0.05) is 6.08 Å². The minimum Gasteiger partial charge on any atom is -0.478 e. The molecule has 0 aliphatic carbocycles. The fourth-order valence-electron chi connectivity index (χ4n) is 1.40. The first-order chi connectivity index (χ1) is 7.69. The van der Waals surface area contributed by atoms with Crippen LogP contribution in [0, 0.1) is 6.92 Å². The van der Waals surface area contributed by atoms with Gasteiger partial charge in [0.15, 0.2) is 0 Å². The fraction of sp³-hybridized carbons (Fsp3) is 0.500. The lowest BCUT2D eigenvalue weighted by Gasteiger charge is -2.15. The van der Waals surface area contributed by atoms with Crippen LogP contribution >= 0.6 is 0 Å². The second-order valence-corrected chi connectivity index (χ2v) is 3.66. The van der Waals surface area contributed by atoms with Crippen molar-refractivity contribution in [1.29, 1.82) is 0 Å². The Balaban J connectivity index is 2.79. The number of rotatable bonds is 6. The molecule has 0 radical (unpaired) electrons. The molecule has 4 nitrogen and oxygen atoms in total. The molecule has 1 atom stereocenters. The lowest BCUT2D eigenvalue weighted by Crippen LogP contribution is -2.16. The van der Waals surface area contributed by atoms with Crippen LogP contribution in [-0.2, 0) is 0 Å². The first-order valence-corrected chi connectivity index (χ1v) is 5.50. The van der Waals surface area contributed by atoms with Crippen LogP contribution in [0.4, 0.5) is 5.82 Å². The minimum atomic E-state index is 0.306. The molecule has 0 aromatic carbocycles. The average molecular weight is 221 g/mol. The van der Waals surface area contributed by atoms with Crippen LogP contribution < -0.4 is 10.1 Å². The Labute approximate surface area is 96.8 Å². The topological polar surface area (TPSA) is 47.0 Å². The van der Waals surface area contributed by atoms with Crippen LogP contribution in [0.3, 0.4) is 0 Å². The summed E-state index contributed by atoms with van der Waals surface area (Å²) in [5.41, 5.74) is 0.945. The third kappa shape index (κ3) is 3.22. The summed E-state index contributed by atoms with van der Waals surface area (Å²) in [6, 6.07) is 0.306. The number of ether oxygens (including phenoxy) is 1. The molecule has 88 valence electrons. The molecule has 0 saturated carbocycles. The fourth-order valence-corrected chi connectivity index (χ4v) is 1.40. The third-order valence-corrected chi connectivity index (χ3v) is 2.22. The monoisotopic (exact) mass is 221 g/mol. The number of hydrogen-bond acceptors (Lipinski definition) is 4. The van der Waals surface area contributed by atoms with Gasteiger partial charge in [-0.2, -0.15) is 0 Å². The van der Waals surface area contributed by atoms with E-state index >= 15 is 0 Å². The molecule has 0 bridgehead atoms. The highest BCUT2D eigenvalue weighted by molar-refractivity contribution is 5.48. The Bertz CT molecular complexity index is 352. The molecule has 0 spiro atoms. The molecule has 1 N–H and O–H groups in total. The summed E-state index contributed by atoms with van der Waals surface area (Å²) < 4.78 is 5.41. The van der Waals surface area contributed by atoms with Gasteiger partial charge in [-0.25, -0.2) is 9.97 Å². The first-order valence-electron chi connectivity index (χ1n) is 5.50. The molecule has 0 aliphatic rings. The standard InChI is InChI=1S/C12H19N3O/c1-5-7-9(3)15-11-10(4)12(16-6-2)14-8-13-11/h5,8-9H,1,6-7H2,2-4H3,(H,13,14,15). The summed E-state index contributed by atoms with van der Waals surface area (Å²) in [6.45, 7) is 10.3. The Kier molecular flexibility index (Phi) is 4.76. The van der Waals surface area contributed by atoms with E-state index in [0.717, 1.165) is 17.8 Å². The highest BCUT2D eigenvalue weighted by Crippen LogP contribution is 2.21. The van der Waals surface area contributed by atoms with E-state index in [1.165, 1.54) is 6.33 Å². The van der Waals surface area contributed by atoms with Crippen LogP contribution in [-0.4, -0.2) is 22.6 Å². The van der Waals surface area contributed by atoms with E-state index in [1.807, 2.05) is 19.9 Å². The Morgan fingerprint density at radius 3 is 2.94 bits per heavy atom. The molecular weight excluding hydrogens is 202 g/mol. The predicted octanol–water partition coefficient (Wildman–Crippen LogP) is 2.56. The zero-order chi connectivity index (χ0) is 12.0. The van der Waals surface area contributed by atoms with Crippen molar-refractivity contribution in [3.8, 4) is 5.88 Å². The van der Waals surface area contributed by atoms with Gasteiger partial charge in [-0.05, 0) is 27.2 Å². The van der Waals surface area contributed by atoms with Crippen molar-refractivity contribution in [3.05, 3.63) is 24.5 Å². The van der Waals surface area contributed by atoms with Gasteiger partial charge < -0.3 is 10.1 Å². The van der Waals surface area contributed by atoms with Gasteiger partial charge in [0, 0.05) is 6.04 Å². The second kappa shape index (κ2) is 6.10. The van der Waals surface area contributed by atoms with E-state index in [2.05, 4.69) is 28.8 Å². The first kappa shape index (κ1) is 12.5. The van der Waals surface area contributed by atoms with E-state index in [-0.39, 0.29) is 0 Å². The van der Waals surface area contributed by atoms with Gasteiger partial charge in [0.1, 0.15) is 12.1 Å². The number of aromatic nitrogens is 2. The predicted molar refractivity (Wildman–Crippen MR) is 65.8 cm³/mol. The lowest BCUT2D eigenvalue weighted by atomic mass is 10.2. The van der Waals surface area contributed by atoms with E-state index in [4.69, 9.17) is 4.74 Å². The molecule has 1 unspecified atom stereocenters. The molecule has 1 rings (SSSR count). The van der Waals surface area contributed by atoms with Crippen molar-refractivity contribution >= 4 is 5.82 Å². The van der Waals surface area contributed by atoms with Crippen LogP contribution in [0.15, 0.2) is 19.0 Å². The molecule has 1 aromatic heterocycles. The molecular formula is C12H19N3O. The maximum atomic E-state index is 5.41. The minimum absolute atomic E-state index is 0.306. The van der Waals surface area contributed by atoms with Crippen molar-refractivity contribution in [2.75, 3.05) is 11.9 Å². The van der Waals surface area contributed by atoms with Crippen molar-refractivity contribution < 1.29 is 4.74 Å². The molecule has 0 saturated heterocycles. The summed E-state index contributed by atoms with van der Waals surface area (Å²) in [5, 5.41) is 3.31. The van der Waals surface area contributed by atoms with Gasteiger partial charge in [-0.15, -0.1) is 6.58 Å². The number of anilines is 1. The molecule has 4 heteroatoms. The number of nitrogens with zero attached hydrogens (tertiary/aromatic N) is 2. The average Bonchev–Trinajstić information content (AvgIpc) is 2.24. The smallest absolute Gasteiger partial charge is 0.221 e. The summed E-state index contributed by atoms with van der Waals surface area (Å²) in [6.07, 6.45) is 4.30. The number of nitrogens with one attached hydrogen (secondary N) is 1. The molecule has 0 amide bonds. The van der Waals surface area contributed by atoms with E-state index in [0.29, 0.717) is 18.5 Å². The lowest BCUT2D eigenvalue weighted by molar-refractivity contribution is 0.324. The van der Waals surface area contributed by atoms with E-state index in [1.54, 1.807) is 0 Å². The summed E-state index contributed by atoms with van der Waals surface area (Å²) in [4.78, 5) is 8.30. The maximum Gasteiger partial charge on any atom is 0.221 e. The molecule has 0 fully saturated rings. The largest absolute Gasteiger partial charge is 0.478 e. The maximum absolute atomic E-state index is 5.41. The summed E-state index contributed by atoms with van der Waals surface area (Å²) in [7, 11) is 0. The van der Waals surface area contributed by atoms with Crippen molar-refractivity contribution in [1.82, 2.24) is 9.97 Å². The Morgan fingerprint density at radius 1 is 1.56 bits per heavy atom. The zero-order valence-corrected chi connectivity index (χ0v) is 10.2. The van der Waals surface area contributed by atoms with Gasteiger partial charge in [0.05, 0.1) is 12.2 Å². The van der Waals surface area contributed by atoms with Gasteiger partial charge in [0.25, 0.3) is 0 Å². The van der Waals surface area contributed by atoms with E-state index in [9.17, 15) is 0 Å². The zero-order valence-electron chi connectivity index (χ0n) is 10.2. The highest BCUT2D eigenvalue weighted by atomic mass is 16.5. The Morgan fingerprint density at radius 2 is 2.31 bits per heavy atom. The quantitative estimate of drug-likeness (QED) is 0.750. The van der Waals surface area contributed by atoms with Crippen LogP contribution in [0.5, 0.6) is 5.88 Å². The SMILES string of the molecule is C=CCC(C)Nc1ncnc(OCC)c1C. The summed E-state index contributed by atoms with van der Waals surface area (Å²) >= 11 is 0. The van der Waals surface area contributed by atoms with Crippen molar-refractivity contribution in [2.45, 2.75) is 33.2 Å². The van der Waals surface area contributed by atoms with Gasteiger partial charge in [0.2, 0.25) is 5.88 Å². The highest BCUT2D eigenvalue weighted by Gasteiger charge is 2.09. The van der Waals surface area contributed by atoms with Crippen LogP contribution in [0.1, 0.15) is 25.8 Å².